The Labute approximate surface area is 167 Å². The van der Waals surface area contributed by atoms with Crippen LogP contribution in [0.15, 0.2) is 29.9 Å². The molecule has 8 nitrogen and oxygen atoms in total. The molecule has 2 aromatic rings. The highest BCUT2D eigenvalue weighted by Crippen LogP contribution is 2.30. The van der Waals surface area contributed by atoms with Gasteiger partial charge in [0.25, 0.3) is 0 Å². The fourth-order valence-electron chi connectivity index (χ4n) is 2.89. The lowest BCUT2D eigenvalue weighted by Gasteiger charge is -2.29. The van der Waals surface area contributed by atoms with Gasteiger partial charge in [0.15, 0.2) is 0 Å². The van der Waals surface area contributed by atoms with E-state index in [1.165, 1.54) is 18.4 Å². The number of methoxy groups -OCH3 is 1. The highest BCUT2D eigenvalue weighted by atomic mass is 32.1. The van der Waals surface area contributed by atoms with Gasteiger partial charge in [-0.1, -0.05) is 12.1 Å². The number of thiazole rings is 1. The summed E-state index contributed by atoms with van der Waals surface area (Å²) in [6, 6.07) is 5.09. The SMILES string of the molecule is COCCOC(=O)c1cccc2c1OB(O)[C@@H](NC(=O)CCc1cncs1)C2. The molecule has 1 atom stereocenters. The highest BCUT2D eigenvalue weighted by molar-refractivity contribution is 7.09. The van der Waals surface area contributed by atoms with Crippen molar-refractivity contribution in [3.05, 3.63) is 45.9 Å². The molecule has 1 amide bonds. The number of carbonyl (C=O) groups is 2. The second-order valence-corrected chi connectivity index (χ2v) is 7.25. The molecular formula is C18H21BN2O6S. The molecule has 2 N–H and O–H groups in total. The third-order valence-corrected chi connectivity index (χ3v) is 5.13. The van der Waals surface area contributed by atoms with Crippen molar-refractivity contribution >= 4 is 30.3 Å². The van der Waals surface area contributed by atoms with Crippen LogP contribution in [0.25, 0.3) is 0 Å². The molecule has 0 fully saturated rings. The summed E-state index contributed by atoms with van der Waals surface area (Å²) in [7, 11) is 0.261. The number of aromatic nitrogens is 1. The Kier molecular flexibility index (Phi) is 7.02. The van der Waals surface area contributed by atoms with E-state index in [1.807, 2.05) is 0 Å². The predicted molar refractivity (Wildman–Crippen MR) is 103 cm³/mol. The average molecular weight is 404 g/mol. The molecule has 148 valence electrons. The second kappa shape index (κ2) is 9.67. The van der Waals surface area contributed by atoms with Crippen LogP contribution in [0.3, 0.4) is 0 Å². The lowest BCUT2D eigenvalue weighted by Crippen LogP contribution is -2.53. The van der Waals surface area contributed by atoms with Gasteiger partial charge in [-0.25, -0.2) is 4.79 Å². The van der Waals surface area contributed by atoms with Crippen LogP contribution in [0.2, 0.25) is 0 Å². The van der Waals surface area contributed by atoms with Crippen LogP contribution < -0.4 is 9.97 Å². The minimum Gasteiger partial charge on any atom is -0.534 e. The third-order valence-electron chi connectivity index (χ3n) is 4.29. The van der Waals surface area contributed by atoms with Crippen LogP contribution in [-0.2, 0) is 27.1 Å². The van der Waals surface area contributed by atoms with E-state index < -0.39 is 19.0 Å². The lowest BCUT2D eigenvalue weighted by molar-refractivity contribution is -0.121. The minimum absolute atomic E-state index is 0.125. The zero-order valence-corrected chi connectivity index (χ0v) is 16.2. The van der Waals surface area contributed by atoms with Gasteiger partial charge in [-0.15, -0.1) is 11.3 Å². The van der Waals surface area contributed by atoms with Crippen molar-refractivity contribution in [3.8, 4) is 5.75 Å². The summed E-state index contributed by atoms with van der Waals surface area (Å²) in [6.45, 7) is 0.417. The first-order valence-electron chi connectivity index (χ1n) is 8.88. The molecule has 1 aromatic carbocycles. The molecule has 0 aliphatic carbocycles. The maximum atomic E-state index is 12.2. The highest BCUT2D eigenvalue weighted by Gasteiger charge is 2.37. The van der Waals surface area contributed by atoms with E-state index in [1.54, 1.807) is 29.9 Å². The monoisotopic (exact) mass is 404 g/mol. The molecule has 0 spiro atoms. The number of nitrogens with zero attached hydrogens (tertiary/aromatic N) is 1. The molecule has 1 aliphatic rings. The fourth-order valence-corrected chi connectivity index (χ4v) is 3.48. The van der Waals surface area contributed by atoms with Gasteiger partial charge in [0, 0.05) is 24.6 Å². The van der Waals surface area contributed by atoms with Crippen molar-refractivity contribution in [3.63, 3.8) is 0 Å². The maximum absolute atomic E-state index is 12.2. The number of rotatable bonds is 8. The number of benzene rings is 1. The van der Waals surface area contributed by atoms with Gasteiger partial charge in [-0.05, 0) is 24.5 Å². The second-order valence-electron chi connectivity index (χ2n) is 6.28. The zero-order valence-electron chi connectivity index (χ0n) is 15.4. The number of fused-ring (bicyclic) bond motifs is 1. The first-order valence-corrected chi connectivity index (χ1v) is 9.76. The summed E-state index contributed by atoms with van der Waals surface area (Å²) < 4.78 is 15.5. The molecule has 2 heterocycles. The fraction of sp³-hybridized carbons (Fsp3) is 0.389. The maximum Gasteiger partial charge on any atom is 0.547 e. The Balaban J connectivity index is 1.61. The summed E-state index contributed by atoms with van der Waals surface area (Å²) in [6.07, 6.45) is 2.97. The first-order chi connectivity index (χ1) is 13.6. The number of para-hydroxylation sites is 1. The van der Waals surface area contributed by atoms with Crippen molar-refractivity contribution < 1.29 is 28.7 Å². The summed E-state index contributed by atoms with van der Waals surface area (Å²) in [4.78, 5) is 29.5. The molecular weight excluding hydrogens is 383 g/mol. The largest absolute Gasteiger partial charge is 0.547 e. The number of nitrogens with one attached hydrogen (secondary N) is 1. The Morgan fingerprint density at radius 2 is 2.29 bits per heavy atom. The number of esters is 1. The van der Waals surface area contributed by atoms with Gasteiger partial charge < -0.3 is 24.5 Å². The van der Waals surface area contributed by atoms with Crippen LogP contribution in [0.5, 0.6) is 5.75 Å². The van der Waals surface area contributed by atoms with Gasteiger partial charge >= 0.3 is 13.1 Å². The Morgan fingerprint density at radius 1 is 1.43 bits per heavy atom. The van der Waals surface area contributed by atoms with Crippen LogP contribution in [0, 0.1) is 0 Å². The molecule has 3 rings (SSSR count). The van der Waals surface area contributed by atoms with Crippen LogP contribution in [0.1, 0.15) is 27.2 Å². The van der Waals surface area contributed by atoms with Gasteiger partial charge in [0.1, 0.15) is 17.9 Å². The van der Waals surface area contributed by atoms with Crippen molar-refractivity contribution in [2.45, 2.75) is 25.2 Å². The molecule has 1 aromatic heterocycles. The van der Waals surface area contributed by atoms with E-state index in [2.05, 4.69) is 10.3 Å². The number of hydrogen-bond acceptors (Lipinski definition) is 8. The van der Waals surface area contributed by atoms with Crippen molar-refractivity contribution in [1.82, 2.24) is 10.3 Å². The standard InChI is InChI=1S/C18H21BN2O6S/c1-25-7-8-26-18(23)14-4-2-3-12-9-15(19(24)27-17(12)14)21-16(22)6-5-13-10-20-11-28-13/h2-4,10-11,15,24H,5-9H2,1H3,(H,21,22)/t15-/m0/s1. The van der Waals surface area contributed by atoms with E-state index in [-0.39, 0.29) is 23.8 Å². The Bertz CT molecular complexity index is 816. The molecule has 28 heavy (non-hydrogen) atoms. The predicted octanol–water partition coefficient (Wildman–Crippen LogP) is 1.02. The van der Waals surface area contributed by atoms with E-state index in [4.69, 9.17) is 14.1 Å². The topological polar surface area (TPSA) is 107 Å². The molecule has 1 aliphatic heterocycles. The number of ether oxygens (including phenoxy) is 2. The van der Waals surface area contributed by atoms with Gasteiger partial charge in [-0.3, -0.25) is 9.78 Å². The van der Waals surface area contributed by atoms with Crippen molar-refractivity contribution in [2.75, 3.05) is 20.3 Å². The van der Waals surface area contributed by atoms with Crippen LogP contribution in [0.4, 0.5) is 0 Å². The smallest absolute Gasteiger partial charge is 0.534 e. The van der Waals surface area contributed by atoms with Crippen LogP contribution in [-0.4, -0.2) is 55.3 Å². The van der Waals surface area contributed by atoms with E-state index in [0.717, 1.165) is 10.4 Å². The van der Waals surface area contributed by atoms with Crippen molar-refractivity contribution in [1.29, 1.82) is 0 Å². The quantitative estimate of drug-likeness (QED) is 0.384. The molecule has 0 saturated heterocycles. The zero-order chi connectivity index (χ0) is 19.9. The van der Waals surface area contributed by atoms with Crippen molar-refractivity contribution in [2.24, 2.45) is 0 Å². The lowest BCUT2D eigenvalue weighted by atomic mass is 9.72. The normalized spacial score (nSPS) is 15.5. The van der Waals surface area contributed by atoms with Gasteiger partial charge in [0.05, 0.1) is 18.1 Å². The minimum atomic E-state index is -1.26. The number of carbonyl (C=O) groups excluding carboxylic acids is 2. The van der Waals surface area contributed by atoms with Gasteiger partial charge in [-0.2, -0.15) is 0 Å². The molecule has 0 unspecified atom stereocenters. The summed E-state index contributed by atoms with van der Waals surface area (Å²) in [5.41, 5.74) is 2.68. The summed E-state index contributed by atoms with van der Waals surface area (Å²) in [5.74, 6) is -1.04. The number of hydrogen-bond donors (Lipinski definition) is 2. The van der Waals surface area contributed by atoms with E-state index in [0.29, 0.717) is 25.9 Å². The number of amides is 1. The molecule has 0 radical (unpaired) electrons. The van der Waals surface area contributed by atoms with Gasteiger partial charge in [0.2, 0.25) is 5.91 Å². The average Bonchev–Trinajstić information content (AvgIpc) is 3.20. The molecule has 10 heteroatoms. The Hall–Kier alpha value is -2.43. The first kappa shape index (κ1) is 20.3. The molecule has 0 bridgehead atoms. The number of aryl methyl sites for hydroxylation is 1. The van der Waals surface area contributed by atoms with E-state index in [9.17, 15) is 14.6 Å². The van der Waals surface area contributed by atoms with E-state index >= 15 is 0 Å². The molecule has 0 saturated carbocycles. The summed E-state index contributed by atoms with van der Waals surface area (Å²) in [5, 5.41) is 13.1. The summed E-state index contributed by atoms with van der Waals surface area (Å²) >= 11 is 1.50. The third kappa shape index (κ3) is 5.09. The Morgan fingerprint density at radius 3 is 3.04 bits per heavy atom. The van der Waals surface area contributed by atoms with Crippen LogP contribution >= 0.6 is 11.3 Å².